The zero-order valence-corrected chi connectivity index (χ0v) is 13.7. The van der Waals surface area contributed by atoms with E-state index in [2.05, 4.69) is 28.9 Å². The third kappa shape index (κ3) is 4.26. The first-order valence-electron chi connectivity index (χ1n) is 6.78. The lowest BCUT2D eigenvalue weighted by Gasteiger charge is -2.14. The molecule has 0 amide bonds. The van der Waals surface area contributed by atoms with Crippen molar-refractivity contribution < 1.29 is 8.42 Å². The summed E-state index contributed by atoms with van der Waals surface area (Å²) in [5.74, 6) is 0. The minimum Gasteiger partial charge on any atom is -0.310 e. The first kappa shape index (κ1) is 15.9. The van der Waals surface area contributed by atoms with Gasteiger partial charge in [-0.3, -0.25) is 4.72 Å². The van der Waals surface area contributed by atoms with Gasteiger partial charge in [-0.15, -0.1) is 11.3 Å². The monoisotopic (exact) mass is 325 g/mol. The van der Waals surface area contributed by atoms with Crippen molar-refractivity contribution in [2.75, 3.05) is 11.3 Å². The molecule has 0 saturated heterocycles. The summed E-state index contributed by atoms with van der Waals surface area (Å²) < 4.78 is 26.8. The number of aromatic nitrogens is 1. The molecule has 2 rings (SSSR count). The lowest BCUT2D eigenvalue weighted by molar-refractivity contribution is 0.570. The van der Waals surface area contributed by atoms with Crippen LogP contribution >= 0.6 is 11.3 Å². The second-order valence-corrected chi connectivity index (χ2v) is 7.26. The van der Waals surface area contributed by atoms with Gasteiger partial charge >= 0.3 is 0 Å². The summed E-state index contributed by atoms with van der Waals surface area (Å²) in [6, 6.07) is 7.12. The Morgan fingerprint density at radius 2 is 2.00 bits per heavy atom. The summed E-state index contributed by atoms with van der Waals surface area (Å²) in [6.07, 6.45) is 2.63. The highest BCUT2D eigenvalue weighted by Crippen LogP contribution is 2.20. The molecule has 0 bridgehead atoms. The van der Waals surface area contributed by atoms with Crippen LogP contribution in [0.2, 0.25) is 0 Å². The third-order valence-corrected chi connectivity index (χ3v) is 5.22. The first-order chi connectivity index (χ1) is 10.0. The molecule has 1 aromatic carbocycles. The largest absolute Gasteiger partial charge is 0.310 e. The number of hydrogen-bond donors (Lipinski definition) is 2. The zero-order chi connectivity index (χ0) is 15.3. The Kier molecular flexibility index (Phi) is 5.33. The van der Waals surface area contributed by atoms with Crippen LogP contribution in [-0.2, 0) is 10.0 Å². The number of anilines is 1. The molecular formula is C14H19N3O2S2. The summed E-state index contributed by atoms with van der Waals surface area (Å²) in [7, 11) is -3.57. The first-order valence-corrected chi connectivity index (χ1v) is 9.15. The van der Waals surface area contributed by atoms with Crippen LogP contribution in [0.3, 0.4) is 0 Å². The Balaban J connectivity index is 2.11. The molecule has 21 heavy (non-hydrogen) atoms. The van der Waals surface area contributed by atoms with Gasteiger partial charge in [-0.25, -0.2) is 13.4 Å². The Hall–Kier alpha value is -1.44. The van der Waals surface area contributed by atoms with Gasteiger partial charge in [0.15, 0.2) is 5.13 Å². The fraction of sp³-hybridized carbons (Fsp3) is 0.357. The molecule has 0 radical (unpaired) electrons. The van der Waals surface area contributed by atoms with Gasteiger partial charge in [0, 0.05) is 17.6 Å². The Morgan fingerprint density at radius 1 is 1.29 bits per heavy atom. The van der Waals surface area contributed by atoms with Crippen LogP contribution in [0, 0.1) is 0 Å². The van der Waals surface area contributed by atoms with E-state index in [1.807, 2.05) is 12.1 Å². The van der Waals surface area contributed by atoms with Crippen molar-refractivity contribution >= 4 is 26.5 Å². The van der Waals surface area contributed by atoms with Gasteiger partial charge in [-0.2, -0.15) is 0 Å². The summed E-state index contributed by atoms with van der Waals surface area (Å²) in [5.41, 5.74) is 1.07. The number of thiazole rings is 1. The topological polar surface area (TPSA) is 71.1 Å². The van der Waals surface area contributed by atoms with Crippen molar-refractivity contribution in [3.8, 4) is 0 Å². The van der Waals surface area contributed by atoms with Crippen LogP contribution in [0.15, 0.2) is 40.7 Å². The molecule has 0 aliphatic rings. The van der Waals surface area contributed by atoms with Crippen molar-refractivity contribution in [2.24, 2.45) is 0 Å². The number of sulfonamides is 1. The van der Waals surface area contributed by atoms with Crippen molar-refractivity contribution in [2.45, 2.75) is 31.2 Å². The molecule has 0 saturated carbocycles. The Morgan fingerprint density at radius 3 is 2.57 bits per heavy atom. The maximum absolute atomic E-state index is 12.2. The van der Waals surface area contributed by atoms with E-state index in [1.54, 1.807) is 23.7 Å². The second-order valence-electron chi connectivity index (χ2n) is 4.69. The van der Waals surface area contributed by atoms with Crippen LogP contribution in [0.25, 0.3) is 0 Å². The number of rotatable bonds is 7. The molecule has 2 N–H and O–H groups in total. The lowest BCUT2D eigenvalue weighted by Crippen LogP contribution is -2.19. The van der Waals surface area contributed by atoms with Gasteiger partial charge < -0.3 is 5.32 Å². The van der Waals surface area contributed by atoms with Crippen LogP contribution in [0.1, 0.15) is 31.9 Å². The molecule has 2 aromatic rings. The molecule has 1 unspecified atom stereocenters. The fourth-order valence-electron chi connectivity index (χ4n) is 1.86. The summed E-state index contributed by atoms with van der Waals surface area (Å²) >= 11 is 1.25. The van der Waals surface area contributed by atoms with Crippen LogP contribution < -0.4 is 10.0 Å². The van der Waals surface area contributed by atoms with Crippen molar-refractivity contribution in [1.82, 2.24) is 10.3 Å². The van der Waals surface area contributed by atoms with E-state index in [4.69, 9.17) is 0 Å². The maximum atomic E-state index is 12.2. The van der Waals surface area contributed by atoms with Crippen molar-refractivity contribution in [1.29, 1.82) is 0 Å². The number of nitrogens with zero attached hydrogens (tertiary/aromatic N) is 1. The molecule has 114 valence electrons. The maximum Gasteiger partial charge on any atom is 0.263 e. The van der Waals surface area contributed by atoms with Gasteiger partial charge in [0.2, 0.25) is 0 Å². The predicted molar refractivity (Wildman–Crippen MR) is 86.1 cm³/mol. The average molecular weight is 325 g/mol. The van der Waals surface area contributed by atoms with Gasteiger partial charge in [-0.05, 0) is 37.6 Å². The molecule has 5 nitrogen and oxygen atoms in total. The van der Waals surface area contributed by atoms with Gasteiger partial charge in [-0.1, -0.05) is 19.1 Å². The van der Waals surface area contributed by atoms with Gasteiger partial charge in [0.05, 0.1) is 4.90 Å². The lowest BCUT2D eigenvalue weighted by atomic mass is 10.1. The number of benzene rings is 1. The molecule has 0 fully saturated rings. The van der Waals surface area contributed by atoms with E-state index in [-0.39, 0.29) is 10.9 Å². The van der Waals surface area contributed by atoms with Crippen LogP contribution in [0.4, 0.5) is 5.13 Å². The minimum atomic E-state index is -3.57. The van der Waals surface area contributed by atoms with Crippen molar-refractivity contribution in [3.63, 3.8) is 0 Å². The summed E-state index contributed by atoms with van der Waals surface area (Å²) in [6.45, 7) is 5.11. The fourth-order valence-corrected chi connectivity index (χ4v) is 3.65. The van der Waals surface area contributed by atoms with Gasteiger partial charge in [0.1, 0.15) is 0 Å². The van der Waals surface area contributed by atoms with E-state index >= 15 is 0 Å². The molecule has 0 aliphatic carbocycles. The Labute approximate surface area is 129 Å². The Bertz CT molecular complexity index is 652. The summed E-state index contributed by atoms with van der Waals surface area (Å²) in [4.78, 5) is 4.16. The molecule has 0 aliphatic heterocycles. The average Bonchev–Trinajstić information content (AvgIpc) is 2.97. The van der Waals surface area contributed by atoms with E-state index in [0.717, 1.165) is 18.5 Å². The van der Waals surface area contributed by atoms with Crippen LogP contribution in [0.5, 0.6) is 0 Å². The molecule has 1 atom stereocenters. The molecule has 0 spiro atoms. The van der Waals surface area contributed by atoms with E-state index < -0.39 is 10.0 Å². The smallest absolute Gasteiger partial charge is 0.263 e. The summed E-state index contributed by atoms with van der Waals surface area (Å²) in [5, 5.41) is 5.47. The highest BCUT2D eigenvalue weighted by atomic mass is 32.2. The highest BCUT2D eigenvalue weighted by molar-refractivity contribution is 7.93. The normalized spacial score (nSPS) is 13.0. The SMILES string of the molecule is CCCNC(C)c1ccc(S(=O)(=O)Nc2nccs2)cc1. The molecule has 1 aromatic heterocycles. The number of hydrogen-bond acceptors (Lipinski definition) is 5. The highest BCUT2D eigenvalue weighted by Gasteiger charge is 2.15. The standard InChI is InChI=1S/C14H19N3O2S2/c1-3-8-15-11(2)12-4-6-13(7-5-12)21(18,19)17-14-16-9-10-20-14/h4-7,9-11,15H,3,8H2,1-2H3,(H,16,17). The number of nitrogens with one attached hydrogen (secondary N) is 2. The second kappa shape index (κ2) is 7.02. The van der Waals surface area contributed by atoms with Crippen LogP contribution in [-0.4, -0.2) is 19.9 Å². The van der Waals surface area contributed by atoms with E-state index in [0.29, 0.717) is 5.13 Å². The molecular weight excluding hydrogens is 306 g/mol. The third-order valence-electron chi connectivity index (χ3n) is 3.04. The minimum absolute atomic E-state index is 0.202. The zero-order valence-electron chi connectivity index (χ0n) is 12.0. The predicted octanol–water partition coefficient (Wildman–Crippen LogP) is 3.00. The van der Waals surface area contributed by atoms with E-state index in [1.165, 1.54) is 11.3 Å². The van der Waals surface area contributed by atoms with E-state index in [9.17, 15) is 8.42 Å². The van der Waals surface area contributed by atoms with Gasteiger partial charge in [0.25, 0.3) is 10.0 Å². The molecule has 1 heterocycles. The van der Waals surface area contributed by atoms with Crippen molar-refractivity contribution in [3.05, 3.63) is 41.4 Å². The molecule has 7 heteroatoms. The quantitative estimate of drug-likeness (QED) is 0.821.